The van der Waals surface area contributed by atoms with Crippen LogP contribution in [0.4, 0.5) is 0 Å². The van der Waals surface area contributed by atoms with Crippen molar-refractivity contribution in [2.75, 3.05) is 26.2 Å². The highest BCUT2D eigenvalue weighted by Crippen LogP contribution is 2.29. The fourth-order valence-electron chi connectivity index (χ4n) is 4.12. The third kappa shape index (κ3) is 5.10. The molecule has 2 aromatic heterocycles. The first kappa shape index (κ1) is 21.1. The maximum absolute atomic E-state index is 9.59. The van der Waals surface area contributed by atoms with E-state index in [1.807, 2.05) is 49.4 Å². The van der Waals surface area contributed by atoms with Gasteiger partial charge in [-0.1, -0.05) is 29.8 Å². The Bertz CT molecular complexity index is 974. The lowest BCUT2D eigenvalue weighted by atomic mass is 10.1. The van der Waals surface area contributed by atoms with Gasteiger partial charge in [-0.15, -0.1) is 0 Å². The van der Waals surface area contributed by atoms with Gasteiger partial charge in [0.1, 0.15) is 11.5 Å². The molecule has 0 unspecified atom stereocenters. The summed E-state index contributed by atoms with van der Waals surface area (Å²) in [6.45, 7) is 6.57. The Morgan fingerprint density at radius 3 is 2.73 bits per heavy atom. The zero-order chi connectivity index (χ0) is 20.9. The minimum absolute atomic E-state index is 0.188. The van der Waals surface area contributed by atoms with Crippen LogP contribution in [0.1, 0.15) is 23.6 Å². The van der Waals surface area contributed by atoms with Crippen LogP contribution in [0, 0.1) is 6.92 Å². The smallest absolute Gasteiger partial charge is 0.135 e. The van der Waals surface area contributed by atoms with Crippen LogP contribution in [0.2, 0.25) is 5.02 Å². The number of aliphatic hydroxyl groups is 1. The molecule has 0 aliphatic carbocycles. The van der Waals surface area contributed by atoms with Gasteiger partial charge in [0.25, 0.3) is 0 Å². The first-order chi connectivity index (χ1) is 14.6. The van der Waals surface area contributed by atoms with E-state index in [0.29, 0.717) is 11.1 Å². The number of aliphatic hydroxyl groups excluding tert-OH is 1. The monoisotopic (exact) mass is 425 g/mol. The zero-order valence-electron chi connectivity index (χ0n) is 17.3. The predicted octanol–water partition coefficient (Wildman–Crippen LogP) is 4.37. The van der Waals surface area contributed by atoms with Crippen LogP contribution in [0.5, 0.6) is 0 Å². The second-order valence-corrected chi connectivity index (χ2v) is 8.30. The van der Waals surface area contributed by atoms with E-state index in [-0.39, 0.29) is 6.61 Å². The molecule has 3 heterocycles. The molecule has 1 N–H and O–H groups in total. The summed E-state index contributed by atoms with van der Waals surface area (Å²) in [5.74, 6) is 1.73. The summed E-state index contributed by atoms with van der Waals surface area (Å²) in [4.78, 5) is 9.48. The molecular formula is C24H28ClN3O2. The second-order valence-electron chi connectivity index (χ2n) is 7.89. The van der Waals surface area contributed by atoms with Crippen molar-refractivity contribution >= 4 is 11.6 Å². The average Bonchev–Trinajstić information content (AvgIpc) is 3.19. The van der Waals surface area contributed by atoms with Gasteiger partial charge in [0.2, 0.25) is 0 Å². The van der Waals surface area contributed by atoms with Gasteiger partial charge >= 0.3 is 0 Å². The minimum atomic E-state index is 0.188. The van der Waals surface area contributed by atoms with Crippen LogP contribution < -0.4 is 0 Å². The van der Waals surface area contributed by atoms with Gasteiger partial charge in [0.05, 0.1) is 17.3 Å². The van der Waals surface area contributed by atoms with Crippen molar-refractivity contribution in [3.8, 4) is 11.3 Å². The van der Waals surface area contributed by atoms with Gasteiger partial charge in [0, 0.05) is 50.1 Å². The molecule has 0 spiro atoms. The Hall–Kier alpha value is -2.18. The van der Waals surface area contributed by atoms with Crippen LogP contribution in [0.25, 0.3) is 11.3 Å². The Morgan fingerprint density at radius 2 is 1.93 bits per heavy atom. The Kier molecular flexibility index (Phi) is 6.85. The van der Waals surface area contributed by atoms with E-state index in [2.05, 4.69) is 26.9 Å². The number of hydrogen-bond donors (Lipinski definition) is 1. The predicted molar refractivity (Wildman–Crippen MR) is 119 cm³/mol. The summed E-state index contributed by atoms with van der Waals surface area (Å²) in [7, 11) is 0. The second kappa shape index (κ2) is 9.75. The Morgan fingerprint density at radius 1 is 1.07 bits per heavy atom. The maximum Gasteiger partial charge on any atom is 0.135 e. The summed E-state index contributed by atoms with van der Waals surface area (Å²) in [5.41, 5.74) is 3.04. The standard InChI is InChI=1S/C24H28ClN3O2/c1-18-5-4-6-19(26-18)15-28-13-12-27(16-20(28)11-14-29)17-21-9-10-24(30-21)22-7-2-3-8-23(22)25/h2-10,20,29H,11-17H2,1H3/t20-/m0/s1. The van der Waals surface area contributed by atoms with Crippen LogP contribution >= 0.6 is 11.6 Å². The van der Waals surface area contributed by atoms with Crippen molar-refractivity contribution in [2.45, 2.75) is 32.5 Å². The number of pyridine rings is 1. The highest BCUT2D eigenvalue weighted by molar-refractivity contribution is 6.33. The number of aryl methyl sites for hydroxylation is 1. The van der Waals surface area contributed by atoms with Crippen molar-refractivity contribution in [1.29, 1.82) is 0 Å². The molecule has 0 radical (unpaired) electrons. The number of rotatable bonds is 7. The third-order valence-electron chi connectivity index (χ3n) is 5.64. The molecule has 0 saturated carbocycles. The molecule has 3 aromatic rings. The van der Waals surface area contributed by atoms with Crippen molar-refractivity contribution < 1.29 is 9.52 Å². The fourth-order valence-corrected chi connectivity index (χ4v) is 4.35. The molecule has 0 amide bonds. The van der Waals surface area contributed by atoms with Crippen LogP contribution in [-0.4, -0.2) is 52.2 Å². The summed E-state index contributed by atoms with van der Waals surface area (Å²) >= 11 is 6.30. The number of benzene rings is 1. The van der Waals surface area contributed by atoms with E-state index in [4.69, 9.17) is 16.0 Å². The molecule has 6 heteroatoms. The lowest BCUT2D eigenvalue weighted by Gasteiger charge is -2.41. The molecule has 1 aliphatic rings. The highest BCUT2D eigenvalue weighted by atomic mass is 35.5. The quantitative estimate of drug-likeness (QED) is 0.609. The lowest BCUT2D eigenvalue weighted by molar-refractivity contribution is 0.0461. The summed E-state index contributed by atoms with van der Waals surface area (Å²) in [6.07, 6.45) is 0.755. The van der Waals surface area contributed by atoms with Crippen LogP contribution in [0.15, 0.2) is 59.0 Å². The molecule has 1 atom stereocenters. The van der Waals surface area contributed by atoms with Gasteiger partial charge in [-0.3, -0.25) is 14.8 Å². The maximum atomic E-state index is 9.59. The van der Waals surface area contributed by atoms with Crippen LogP contribution in [0.3, 0.4) is 0 Å². The van der Waals surface area contributed by atoms with Gasteiger partial charge in [-0.25, -0.2) is 0 Å². The van der Waals surface area contributed by atoms with E-state index < -0.39 is 0 Å². The lowest BCUT2D eigenvalue weighted by Crippen LogP contribution is -2.52. The molecule has 1 saturated heterocycles. The number of hydrogen-bond acceptors (Lipinski definition) is 5. The van der Waals surface area contributed by atoms with E-state index >= 15 is 0 Å². The molecular weight excluding hydrogens is 398 g/mol. The van der Waals surface area contributed by atoms with E-state index in [0.717, 1.165) is 67.6 Å². The number of piperazine rings is 1. The number of nitrogens with zero attached hydrogens (tertiary/aromatic N) is 3. The minimum Gasteiger partial charge on any atom is -0.460 e. The Balaban J connectivity index is 1.40. The summed E-state index contributed by atoms with van der Waals surface area (Å²) in [6, 6.07) is 18.2. The number of aromatic nitrogens is 1. The van der Waals surface area contributed by atoms with Gasteiger partial charge < -0.3 is 9.52 Å². The molecule has 0 bridgehead atoms. The van der Waals surface area contributed by atoms with Crippen molar-refractivity contribution in [1.82, 2.24) is 14.8 Å². The molecule has 1 aromatic carbocycles. The SMILES string of the molecule is Cc1cccc(CN2CCN(Cc3ccc(-c4ccccc4Cl)o3)C[C@@H]2CCO)n1. The van der Waals surface area contributed by atoms with Crippen molar-refractivity contribution in [2.24, 2.45) is 0 Å². The largest absolute Gasteiger partial charge is 0.460 e. The number of furan rings is 1. The molecule has 1 fully saturated rings. The van der Waals surface area contributed by atoms with Crippen molar-refractivity contribution in [3.05, 3.63) is 76.8 Å². The van der Waals surface area contributed by atoms with Gasteiger partial charge in [-0.05, 0) is 49.7 Å². The molecule has 30 heavy (non-hydrogen) atoms. The van der Waals surface area contributed by atoms with E-state index in [1.165, 1.54) is 0 Å². The summed E-state index contributed by atoms with van der Waals surface area (Å²) in [5, 5.41) is 10.3. The van der Waals surface area contributed by atoms with Crippen molar-refractivity contribution in [3.63, 3.8) is 0 Å². The topological polar surface area (TPSA) is 52.7 Å². The first-order valence-corrected chi connectivity index (χ1v) is 10.8. The normalized spacial score (nSPS) is 18.0. The van der Waals surface area contributed by atoms with Crippen LogP contribution in [-0.2, 0) is 13.1 Å². The molecule has 1 aliphatic heterocycles. The first-order valence-electron chi connectivity index (χ1n) is 10.5. The molecule has 4 rings (SSSR count). The molecule has 158 valence electrons. The Labute approximate surface area is 182 Å². The van der Waals surface area contributed by atoms with Gasteiger partial charge in [0.15, 0.2) is 0 Å². The fraction of sp³-hybridized carbons (Fsp3) is 0.375. The van der Waals surface area contributed by atoms with Gasteiger partial charge in [-0.2, -0.15) is 0 Å². The zero-order valence-corrected chi connectivity index (χ0v) is 18.1. The van der Waals surface area contributed by atoms with E-state index in [1.54, 1.807) is 0 Å². The third-order valence-corrected chi connectivity index (χ3v) is 5.97. The van der Waals surface area contributed by atoms with E-state index in [9.17, 15) is 5.11 Å². The average molecular weight is 426 g/mol. The number of halogens is 1. The highest BCUT2D eigenvalue weighted by Gasteiger charge is 2.27. The summed E-state index contributed by atoms with van der Waals surface area (Å²) < 4.78 is 6.09. The molecule has 5 nitrogen and oxygen atoms in total.